The molecule has 0 aromatic rings. The minimum atomic E-state index is -1.19. The Kier molecular flexibility index (Phi) is 3.77. The van der Waals surface area contributed by atoms with Crippen LogP contribution in [0.2, 0.25) is 0 Å². The molecule has 8 heavy (non-hydrogen) atoms. The highest BCUT2D eigenvalue weighted by atomic mass is 16.5. The van der Waals surface area contributed by atoms with E-state index < -0.39 is 6.29 Å². The number of hydrogen-bond acceptors (Lipinski definition) is 3. The second kappa shape index (κ2) is 3.83. The fourth-order valence-corrected chi connectivity index (χ4v) is 0.408. The van der Waals surface area contributed by atoms with E-state index in [1.54, 1.807) is 0 Å². The zero-order valence-electron chi connectivity index (χ0n) is 5.33. The van der Waals surface area contributed by atoms with Crippen LogP contribution in [0.5, 0.6) is 0 Å². The van der Waals surface area contributed by atoms with Crippen molar-refractivity contribution in [3.63, 3.8) is 0 Å². The Balaban J connectivity index is 3.10. The first-order valence-corrected chi connectivity index (χ1v) is 2.71. The molecule has 3 nitrogen and oxygen atoms in total. The largest absolute Gasteiger partial charge is 0.367 e. The Morgan fingerprint density at radius 1 is 1.50 bits per heavy atom. The molecule has 0 heterocycles. The predicted molar refractivity (Wildman–Crippen MR) is 31.4 cm³/mol. The van der Waals surface area contributed by atoms with E-state index in [0.29, 0.717) is 6.54 Å². The fourth-order valence-electron chi connectivity index (χ4n) is 0.408. The van der Waals surface area contributed by atoms with E-state index in [1.165, 1.54) is 0 Å². The SMILES string of the molecule is CCN(C)CC(O)O. The van der Waals surface area contributed by atoms with Crippen LogP contribution in [0.25, 0.3) is 0 Å². The van der Waals surface area contributed by atoms with Gasteiger partial charge in [-0.1, -0.05) is 6.92 Å². The lowest BCUT2D eigenvalue weighted by atomic mass is 10.5. The van der Waals surface area contributed by atoms with E-state index >= 15 is 0 Å². The van der Waals surface area contributed by atoms with Gasteiger partial charge in [0.2, 0.25) is 0 Å². The summed E-state index contributed by atoms with van der Waals surface area (Å²) in [6, 6.07) is 0. The van der Waals surface area contributed by atoms with E-state index in [1.807, 2.05) is 18.9 Å². The first-order valence-electron chi connectivity index (χ1n) is 2.71. The molecule has 2 N–H and O–H groups in total. The van der Waals surface area contributed by atoms with Gasteiger partial charge in [0.1, 0.15) is 0 Å². The van der Waals surface area contributed by atoms with Crippen molar-refractivity contribution in [2.45, 2.75) is 13.2 Å². The quantitative estimate of drug-likeness (QED) is 0.480. The molecular formula is C5H13NO2. The monoisotopic (exact) mass is 119 g/mol. The van der Waals surface area contributed by atoms with Crippen LogP contribution in [0, 0.1) is 0 Å². The molecule has 0 aromatic heterocycles. The Morgan fingerprint density at radius 3 is 2.12 bits per heavy atom. The molecule has 3 heteroatoms. The standard InChI is InChI=1S/C5H13NO2/c1-3-6(2)4-5(7)8/h5,7-8H,3-4H2,1-2H3. The summed E-state index contributed by atoms with van der Waals surface area (Å²) in [5, 5.41) is 16.7. The predicted octanol–water partition coefficient (Wildman–Crippen LogP) is -0.751. The first-order chi connectivity index (χ1) is 3.66. The summed E-state index contributed by atoms with van der Waals surface area (Å²) in [5.74, 6) is 0. The van der Waals surface area contributed by atoms with Crippen molar-refractivity contribution >= 4 is 0 Å². The summed E-state index contributed by atoms with van der Waals surface area (Å²) in [4.78, 5) is 1.82. The van der Waals surface area contributed by atoms with Gasteiger partial charge in [0.15, 0.2) is 6.29 Å². The van der Waals surface area contributed by atoms with Gasteiger partial charge in [-0.05, 0) is 13.6 Å². The molecule has 0 rings (SSSR count). The number of aliphatic hydroxyl groups excluding tert-OH is 1. The van der Waals surface area contributed by atoms with Crippen LogP contribution in [-0.2, 0) is 0 Å². The smallest absolute Gasteiger partial charge is 0.164 e. The summed E-state index contributed by atoms with van der Waals surface area (Å²) in [6.07, 6.45) is -1.19. The lowest BCUT2D eigenvalue weighted by molar-refractivity contribution is -0.0565. The topological polar surface area (TPSA) is 43.7 Å². The molecule has 0 bridgehead atoms. The number of hydrogen-bond donors (Lipinski definition) is 2. The van der Waals surface area contributed by atoms with Crippen LogP contribution in [-0.4, -0.2) is 41.5 Å². The summed E-state index contributed by atoms with van der Waals surface area (Å²) in [6.45, 7) is 3.14. The lowest BCUT2D eigenvalue weighted by Crippen LogP contribution is -2.28. The van der Waals surface area contributed by atoms with Crippen LogP contribution < -0.4 is 0 Å². The van der Waals surface area contributed by atoms with E-state index in [9.17, 15) is 0 Å². The highest BCUT2D eigenvalue weighted by Crippen LogP contribution is 1.82. The van der Waals surface area contributed by atoms with E-state index in [0.717, 1.165) is 6.54 Å². The Labute approximate surface area is 49.5 Å². The van der Waals surface area contributed by atoms with Crippen LogP contribution in [0.1, 0.15) is 6.92 Å². The van der Waals surface area contributed by atoms with Gasteiger partial charge in [0.25, 0.3) is 0 Å². The van der Waals surface area contributed by atoms with Crippen molar-refractivity contribution in [1.82, 2.24) is 4.90 Å². The van der Waals surface area contributed by atoms with Crippen molar-refractivity contribution < 1.29 is 10.2 Å². The maximum atomic E-state index is 8.37. The Morgan fingerprint density at radius 2 is 2.00 bits per heavy atom. The normalized spacial score (nSPS) is 11.2. The molecule has 0 amide bonds. The summed E-state index contributed by atoms with van der Waals surface area (Å²) in [7, 11) is 1.83. The fraction of sp³-hybridized carbons (Fsp3) is 1.00. The molecule has 0 unspecified atom stereocenters. The molecule has 50 valence electrons. The van der Waals surface area contributed by atoms with Crippen molar-refractivity contribution in [3.8, 4) is 0 Å². The molecule has 0 fully saturated rings. The molecule has 0 aliphatic heterocycles. The molecular weight excluding hydrogens is 106 g/mol. The van der Waals surface area contributed by atoms with Crippen LogP contribution in [0.15, 0.2) is 0 Å². The van der Waals surface area contributed by atoms with Crippen molar-refractivity contribution in [1.29, 1.82) is 0 Å². The third-order valence-electron chi connectivity index (χ3n) is 1.01. The van der Waals surface area contributed by atoms with Gasteiger partial charge < -0.3 is 15.1 Å². The van der Waals surface area contributed by atoms with Gasteiger partial charge in [-0.2, -0.15) is 0 Å². The Bertz CT molecular complexity index is 56.4. The molecule has 0 saturated carbocycles. The summed E-state index contributed by atoms with van der Waals surface area (Å²) < 4.78 is 0. The average Bonchev–Trinajstić information content (AvgIpc) is 1.65. The molecule has 0 spiro atoms. The van der Waals surface area contributed by atoms with Gasteiger partial charge in [-0.25, -0.2) is 0 Å². The maximum absolute atomic E-state index is 8.37. The molecule has 0 aliphatic rings. The maximum Gasteiger partial charge on any atom is 0.164 e. The van der Waals surface area contributed by atoms with Crippen LogP contribution >= 0.6 is 0 Å². The Hall–Kier alpha value is -0.120. The highest BCUT2D eigenvalue weighted by Gasteiger charge is 1.99. The van der Waals surface area contributed by atoms with Crippen molar-refractivity contribution in [2.75, 3.05) is 20.1 Å². The van der Waals surface area contributed by atoms with Gasteiger partial charge in [-0.15, -0.1) is 0 Å². The second-order valence-electron chi connectivity index (χ2n) is 1.84. The minimum Gasteiger partial charge on any atom is -0.367 e. The van der Waals surface area contributed by atoms with Gasteiger partial charge in [-0.3, -0.25) is 0 Å². The van der Waals surface area contributed by atoms with Crippen LogP contribution in [0.3, 0.4) is 0 Å². The second-order valence-corrected chi connectivity index (χ2v) is 1.84. The van der Waals surface area contributed by atoms with E-state index in [2.05, 4.69) is 0 Å². The van der Waals surface area contributed by atoms with Gasteiger partial charge >= 0.3 is 0 Å². The number of likely N-dealkylation sites (N-methyl/N-ethyl adjacent to an activating group) is 1. The third kappa shape index (κ3) is 4.05. The average molecular weight is 119 g/mol. The summed E-state index contributed by atoms with van der Waals surface area (Å²) >= 11 is 0. The van der Waals surface area contributed by atoms with Crippen LogP contribution in [0.4, 0.5) is 0 Å². The van der Waals surface area contributed by atoms with E-state index in [4.69, 9.17) is 10.2 Å². The zero-order valence-corrected chi connectivity index (χ0v) is 5.33. The van der Waals surface area contributed by atoms with E-state index in [-0.39, 0.29) is 0 Å². The van der Waals surface area contributed by atoms with Gasteiger partial charge in [0.05, 0.1) is 0 Å². The number of nitrogens with zero attached hydrogens (tertiary/aromatic N) is 1. The third-order valence-corrected chi connectivity index (χ3v) is 1.01. The molecule has 0 radical (unpaired) electrons. The van der Waals surface area contributed by atoms with Crippen molar-refractivity contribution in [2.24, 2.45) is 0 Å². The molecule has 0 aromatic carbocycles. The molecule has 0 aliphatic carbocycles. The number of aliphatic hydroxyl groups is 2. The highest BCUT2D eigenvalue weighted by molar-refractivity contribution is 4.46. The van der Waals surface area contributed by atoms with Gasteiger partial charge in [0, 0.05) is 6.54 Å². The number of rotatable bonds is 3. The minimum absolute atomic E-state index is 0.330. The lowest BCUT2D eigenvalue weighted by Gasteiger charge is -2.13. The summed E-state index contributed by atoms with van der Waals surface area (Å²) in [5.41, 5.74) is 0. The molecule has 0 atom stereocenters. The molecule has 0 saturated heterocycles. The van der Waals surface area contributed by atoms with Crippen molar-refractivity contribution in [3.05, 3.63) is 0 Å². The zero-order chi connectivity index (χ0) is 6.57. The first kappa shape index (κ1) is 7.88.